The van der Waals surface area contributed by atoms with Gasteiger partial charge in [-0.05, 0) is 49.0 Å². The highest BCUT2D eigenvalue weighted by molar-refractivity contribution is 7.99. The number of aliphatic hydroxyl groups is 1. The Bertz CT molecular complexity index is 1090. The predicted octanol–water partition coefficient (Wildman–Crippen LogP) is 3.94. The summed E-state index contributed by atoms with van der Waals surface area (Å²) >= 11 is 7.72. The van der Waals surface area contributed by atoms with Crippen LogP contribution in [0.3, 0.4) is 0 Å². The molecular weight excluding hydrogens is 520 g/mol. The number of anilines is 1. The number of likely N-dealkylation sites (N-methyl/N-ethyl adjacent to an activating group) is 1. The molecule has 0 unspecified atom stereocenters. The van der Waals surface area contributed by atoms with Crippen LogP contribution < -0.4 is 9.64 Å². The van der Waals surface area contributed by atoms with Crippen molar-refractivity contribution in [3.05, 3.63) is 65.2 Å². The zero-order valence-electron chi connectivity index (χ0n) is 20.8. The SMILES string of the molecule is CCN(CC)CCN1C(=O)[C@H](O)[C@H](c2ccc(OC)cc2)Sc2cc(Cl)ccc21.O=C(O)C=CC(=O)O. The van der Waals surface area contributed by atoms with Crippen molar-refractivity contribution in [3.63, 3.8) is 0 Å². The van der Waals surface area contributed by atoms with E-state index in [4.69, 9.17) is 26.6 Å². The molecule has 1 amide bonds. The van der Waals surface area contributed by atoms with Gasteiger partial charge in [-0.1, -0.05) is 37.6 Å². The van der Waals surface area contributed by atoms with Crippen LogP contribution in [0.1, 0.15) is 24.7 Å². The van der Waals surface area contributed by atoms with Crippen molar-refractivity contribution in [3.8, 4) is 5.75 Å². The second-order valence-corrected chi connectivity index (χ2v) is 9.51. The van der Waals surface area contributed by atoms with Crippen LogP contribution in [0.25, 0.3) is 0 Å². The molecule has 0 saturated carbocycles. The number of carboxylic acid groups (broad SMARTS) is 2. The Hall–Kier alpha value is -3.05. The van der Waals surface area contributed by atoms with Gasteiger partial charge in [-0.25, -0.2) is 9.59 Å². The standard InChI is InChI=1S/C22H27ClN2O3S.C4H4O4/c1-4-24(5-2)12-13-25-18-11-8-16(23)14-19(18)29-21(20(26)22(25)27)15-6-9-17(28-3)10-7-15;5-3(6)1-2-4(7)8/h6-11,14,20-21,26H,4-5,12-13H2,1-3H3;1-2H,(H,5,6)(H,7,8)/t20-,21+;/m1./s1. The summed E-state index contributed by atoms with van der Waals surface area (Å²) < 4.78 is 5.23. The average molecular weight is 551 g/mol. The number of hydrogen-bond acceptors (Lipinski definition) is 7. The number of halogens is 1. The van der Waals surface area contributed by atoms with Crippen molar-refractivity contribution in [1.29, 1.82) is 0 Å². The van der Waals surface area contributed by atoms with Crippen molar-refractivity contribution < 1.29 is 34.4 Å². The summed E-state index contributed by atoms with van der Waals surface area (Å²) in [6.07, 6.45) is -0.0405. The van der Waals surface area contributed by atoms with E-state index in [0.29, 0.717) is 23.7 Å². The summed E-state index contributed by atoms with van der Waals surface area (Å²) in [6, 6.07) is 13.0. The largest absolute Gasteiger partial charge is 0.497 e. The molecule has 9 nitrogen and oxygen atoms in total. The van der Waals surface area contributed by atoms with Crippen LogP contribution in [0.4, 0.5) is 5.69 Å². The maximum Gasteiger partial charge on any atom is 0.328 e. The molecule has 2 aromatic rings. The summed E-state index contributed by atoms with van der Waals surface area (Å²) in [5.74, 6) is -2.07. The molecule has 37 heavy (non-hydrogen) atoms. The first kappa shape index (κ1) is 30.2. The van der Waals surface area contributed by atoms with Crippen molar-refractivity contribution in [2.24, 2.45) is 0 Å². The van der Waals surface area contributed by atoms with E-state index in [1.54, 1.807) is 18.1 Å². The Morgan fingerprint density at radius 2 is 1.68 bits per heavy atom. The van der Waals surface area contributed by atoms with Crippen LogP contribution in [0.15, 0.2) is 59.5 Å². The number of carbonyl (C=O) groups is 3. The number of rotatable bonds is 9. The zero-order valence-corrected chi connectivity index (χ0v) is 22.4. The molecule has 3 N–H and O–H groups in total. The van der Waals surface area contributed by atoms with Crippen LogP contribution in [-0.4, -0.2) is 77.5 Å². The lowest BCUT2D eigenvalue weighted by Gasteiger charge is -2.28. The molecule has 0 aliphatic carbocycles. The summed E-state index contributed by atoms with van der Waals surface area (Å²) in [6.45, 7) is 7.29. The Morgan fingerprint density at radius 3 is 2.19 bits per heavy atom. The maximum absolute atomic E-state index is 13.3. The smallest absolute Gasteiger partial charge is 0.328 e. The fraction of sp³-hybridized carbons (Fsp3) is 0.346. The zero-order chi connectivity index (χ0) is 27.5. The second-order valence-electron chi connectivity index (χ2n) is 7.90. The normalized spacial score (nSPS) is 17.1. The van der Waals surface area contributed by atoms with Crippen molar-refractivity contribution in [2.45, 2.75) is 30.1 Å². The summed E-state index contributed by atoms with van der Waals surface area (Å²) in [5, 5.41) is 26.8. The molecule has 3 rings (SSSR count). The third-order valence-electron chi connectivity index (χ3n) is 5.62. The van der Waals surface area contributed by atoms with Crippen LogP contribution in [0.5, 0.6) is 5.75 Å². The molecule has 0 radical (unpaired) electrons. The number of fused-ring (bicyclic) bond motifs is 1. The highest BCUT2D eigenvalue weighted by Gasteiger charge is 2.37. The van der Waals surface area contributed by atoms with E-state index in [1.165, 1.54) is 11.8 Å². The van der Waals surface area contributed by atoms with Gasteiger partial charge in [0.05, 0.1) is 18.0 Å². The number of nitrogens with zero attached hydrogens (tertiary/aromatic N) is 2. The first-order valence-electron chi connectivity index (χ1n) is 11.6. The molecule has 2 atom stereocenters. The highest BCUT2D eigenvalue weighted by atomic mass is 35.5. The minimum atomic E-state index is -1.26. The monoisotopic (exact) mass is 550 g/mol. The lowest BCUT2D eigenvalue weighted by atomic mass is 10.1. The molecule has 1 heterocycles. The number of aliphatic carboxylic acids is 2. The Morgan fingerprint density at radius 1 is 1.08 bits per heavy atom. The third kappa shape index (κ3) is 8.78. The minimum Gasteiger partial charge on any atom is -0.497 e. The first-order chi connectivity index (χ1) is 17.6. The molecule has 0 fully saturated rings. The quantitative estimate of drug-likeness (QED) is 0.398. The molecular formula is C26H31ClN2O7S. The minimum absolute atomic E-state index is 0.286. The molecule has 1 aliphatic rings. The third-order valence-corrected chi connectivity index (χ3v) is 7.22. The van der Waals surface area contributed by atoms with E-state index in [9.17, 15) is 19.5 Å². The fourth-order valence-electron chi connectivity index (χ4n) is 3.61. The number of thioether (sulfide) groups is 1. The molecule has 1 aliphatic heterocycles. The fourth-order valence-corrected chi connectivity index (χ4v) is 5.16. The van der Waals surface area contributed by atoms with E-state index < -0.39 is 23.3 Å². The molecule has 11 heteroatoms. The van der Waals surface area contributed by atoms with E-state index in [1.807, 2.05) is 36.4 Å². The first-order valence-corrected chi connectivity index (χ1v) is 12.8. The number of aliphatic hydroxyl groups excluding tert-OH is 1. The lowest BCUT2D eigenvalue weighted by Crippen LogP contribution is -2.44. The predicted molar refractivity (Wildman–Crippen MR) is 144 cm³/mol. The number of amides is 1. The molecule has 0 aromatic heterocycles. The van der Waals surface area contributed by atoms with Gasteiger partial charge in [0.2, 0.25) is 0 Å². The average Bonchev–Trinajstić information content (AvgIpc) is 2.98. The van der Waals surface area contributed by atoms with E-state index in [0.717, 1.165) is 41.5 Å². The van der Waals surface area contributed by atoms with Crippen molar-refractivity contribution in [2.75, 3.05) is 38.2 Å². The number of hydrogen-bond donors (Lipinski definition) is 3. The van der Waals surface area contributed by atoms with Gasteiger partial charge in [0, 0.05) is 35.2 Å². The molecule has 0 spiro atoms. The van der Waals surface area contributed by atoms with Gasteiger partial charge in [-0.3, -0.25) is 4.79 Å². The highest BCUT2D eigenvalue weighted by Crippen LogP contribution is 2.46. The summed E-state index contributed by atoms with van der Waals surface area (Å²) in [4.78, 5) is 37.2. The molecule has 0 bridgehead atoms. The molecule has 0 saturated heterocycles. The van der Waals surface area contributed by atoms with Crippen LogP contribution in [0.2, 0.25) is 5.02 Å². The Kier molecular flexibility index (Phi) is 11.9. The Labute approximate surface area is 225 Å². The van der Waals surface area contributed by atoms with Gasteiger partial charge in [0.1, 0.15) is 11.9 Å². The number of methoxy groups -OCH3 is 1. The van der Waals surface area contributed by atoms with Gasteiger partial charge < -0.3 is 29.9 Å². The summed E-state index contributed by atoms with van der Waals surface area (Å²) in [5.41, 5.74) is 1.67. The molecule has 200 valence electrons. The number of ether oxygens (including phenoxy) is 1. The van der Waals surface area contributed by atoms with Crippen LogP contribution in [-0.2, 0) is 14.4 Å². The maximum atomic E-state index is 13.3. The number of carbonyl (C=O) groups excluding carboxylic acids is 1. The number of benzene rings is 2. The second kappa shape index (κ2) is 14.6. The van der Waals surface area contributed by atoms with Gasteiger partial charge >= 0.3 is 11.9 Å². The van der Waals surface area contributed by atoms with E-state index >= 15 is 0 Å². The lowest BCUT2D eigenvalue weighted by molar-refractivity contribution is -0.134. The van der Waals surface area contributed by atoms with E-state index in [2.05, 4.69) is 18.7 Å². The van der Waals surface area contributed by atoms with Crippen molar-refractivity contribution >= 4 is 46.9 Å². The van der Waals surface area contributed by atoms with Crippen LogP contribution in [0, 0.1) is 0 Å². The van der Waals surface area contributed by atoms with Gasteiger partial charge in [-0.15, -0.1) is 11.8 Å². The van der Waals surface area contributed by atoms with Crippen molar-refractivity contribution in [1.82, 2.24) is 4.90 Å². The molecule has 2 aromatic carbocycles. The van der Waals surface area contributed by atoms with E-state index in [-0.39, 0.29) is 5.91 Å². The van der Waals surface area contributed by atoms with Gasteiger partial charge in [0.15, 0.2) is 0 Å². The summed E-state index contributed by atoms with van der Waals surface area (Å²) in [7, 11) is 1.61. The Balaban J connectivity index is 0.000000521. The van der Waals surface area contributed by atoms with Gasteiger partial charge in [0.25, 0.3) is 5.91 Å². The van der Waals surface area contributed by atoms with Crippen LogP contribution >= 0.6 is 23.4 Å². The van der Waals surface area contributed by atoms with Gasteiger partial charge in [-0.2, -0.15) is 0 Å². The number of carboxylic acids is 2. The topological polar surface area (TPSA) is 128 Å².